The number of aliphatic hydroxyl groups is 1. The number of hydrogen-bond acceptors (Lipinski definition) is 6. The predicted molar refractivity (Wildman–Crippen MR) is 114 cm³/mol. The van der Waals surface area contributed by atoms with Crippen LogP contribution in [0.25, 0.3) is 0 Å². The van der Waals surface area contributed by atoms with Gasteiger partial charge in [0.1, 0.15) is 11.9 Å². The highest BCUT2D eigenvalue weighted by atomic mass is 35.5. The largest absolute Gasteiger partial charge is 0.490 e. The Morgan fingerprint density at radius 2 is 2.00 bits per heavy atom. The van der Waals surface area contributed by atoms with Gasteiger partial charge in [0.25, 0.3) is 5.91 Å². The van der Waals surface area contributed by atoms with Crippen molar-refractivity contribution in [3.63, 3.8) is 0 Å². The van der Waals surface area contributed by atoms with Gasteiger partial charge in [-0.1, -0.05) is 11.6 Å². The molecular formula is C21H24ClF3N4O4. The summed E-state index contributed by atoms with van der Waals surface area (Å²) in [7, 11) is 0. The van der Waals surface area contributed by atoms with Crippen molar-refractivity contribution >= 4 is 17.5 Å². The number of rotatable bonds is 7. The monoisotopic (exact) mass is 488 g/mol. The van der Waals surface area contributed by atoms with Crippen molar-refractivity contribution in [3.05, 3.63) is 56.7 Å². The summed E-state index contributed by atoms with van der Waals surface area (Å²) in [5.41, 5.74) is 2.16. The number of nitrogens with two attached hydrogens (primary N) is 1. The Hall–Kier alpha value is -2.63. The number of β-amino-alcohol motifs (C(OH)–C–C–N with tert-alkyl or cyclic N) is 1. The smallest absolute Gasteiger partial charge is 0.434 e. The van der Waals surface area contributed by atoms with Gasteiger partial charge in [0.05, 0.1) is 18.2 Å². The Morgan fingerprint density at radius 3 is 2.58 bits per heavy atom. The first-order chi connectivity index (χ1) is 15.4. The predicted octanol–water partition coefficient (Wildman–Crippen LogP) is 2.23. The highest BCUT2D eigenvalue weighted by Gasteiger charge is 2.38. The van der Waals surface area contributed by atoms with Gasteiger partial charge in [-0.25, -0.2) is 4.79 Å². The van der Waals surface area contributed by atoms with E-state index < -0.39 is 35.1 Å². The molecule has 1 aromatic heterocycles. The van der Waals surface area contributed by atoms with Crippen molar-refractivity contribution in [2.24, 2.45) is 5.73 Å². The fourth-order valence-electron chi connectivity index (χ4n) is 3.74. The minimum Gasteiger partial charge on any atom is -0.490 e. The number of carbonyl (C=O) groups is 1. The average molecular weight is 489 g/mol. The van der Waals surface area contributed by atoms with Crippen LogP contribution in [0, 0.1) is 6.92 Å². The third-order valence-corrected chi connectivity index (χ3v) is 5.60. The molecular weight excluding hydrogens is 465 g/mol. The number of aromatic nitrogens is 2. The summed E-state index contributed by atoms with van der Waals surface area (Å²) in [6.07, 6.45) is -3.96. The number of alkyl halides is 3. The van der Waals surface area contributed by atoms with Crippen LogP contribution in [0.1, 0.15) is 34.5 Å². The summed E-state index contributed by atoms with van der Waals surface area (Å²) in [6.45, 7) is 3.02. The molecule has 2 aromatic rings. The van der Waals surface area contributed by atoms with Crippen LogP contribution in [-0.4, -0.2) is 57.3 Å². The van der Waals surface area contributed by atoms with Crippen molar-refractivity contribution in [1.29, 1.82) is 0 Å². The molecule has 0 spiro atoms. The van der Waals surface area contributed by atoms with E-state index in [2.05, 4.69) is 4.98 Å². The second kappa shape index (κ2) is 10.1. The average Bonchev–Trinajstić information content (AvgIpc) is 2.71. The van der Waals surface area contributed by atoms with Crippen LogP contribution >= 0.6 is 11.6 Å². The Balaban J connectivity index is 1.57. The summed E-state index contributed by atoms with van der Waals surface area (Å²) < 4.78 is 45.8. The highest BCUT2D eigenvalue weighted by molar-refractivity contribution is 6.30. The number of aliphatic hydroxyl groups excluding tert-OH is 1. The molecule has 0 radical (unpaired) electrons. The molecule has 0 bridgehead atoms. The van der Waals surface area contributed by atoms with Crippen LogP contribution < -0.4 is 16.2 Å². The lowest BCUT2D eigenvalue weighted by Gasteiger charge is -2.33. The van der Waals surface area contributed by atoms with E-state index in [1.807, 2.05) is 24.0 Å². The third-order valence-electron chi connectivity index (χ3n) is 5.37. The van der Waals surface area contributed by atoms with Crippen LogP contribution in [0.5, 0.6) is 5.75 Å². The van der Waals surface area contributed by atoms with E-state index >= 15 is 0 Å². The molecule has 12 heteroatoms. The van der Waals surface area contributed by atoms with Crippen molar-refractivity contribution in [1.82, 2.24) is 14.5 Å². The molecule has 180 valence electrons. The molecule has 3 rings (SSSR count). The molecule has 33 heavy (non-hydrogen) atoms. The molecule has 0 aliphatic carbocycles. The maximum atomic E-state index is 13.0. The third kappa shape index (κ3) is 6.46. The molecule has 1 aliphatic heterocycles. The number of carbonyl (C=O) groups excluding carboxylic acids is 1. The molecule has 3 N–H and O–H groups in total. The van der Waals surface area contributed by atoms with E-state index in [4.69, 9.17) is 22.1 Å². The minimum atomic E-state index is -5.00. The summed E-state index contributed by atoms with van der Waals surface area (Å²) in [6, 6.07) is 5.41. The summed E-state index contributed by atoms with van der Waals surface area (Å²) >= 11 is 5.96. The van der Waals surface area contributed by atoms with Crippen molar-refractivity contribution in [3.8, 4) is 5.75 Å². The number of halogens is 4. The molecule has 0 saturated carbocycles. The van der Waals surface area contributed by atoms with Gasteiger partial charge >= 0.3 is 11.9 Å². The van der Waals surface area contributed by atoms with Gasteiger partial charge in [0, 0.05) is 30.9 Å². The van der Waals surface area contributed by atoms with Crippen LogP contribution in [0.4, 0.5) is 13.2 Å². The SMILES string of the molecule is Cc1cc(Cl)ccc1OC1CCN(C[C@@H](O)Cn2cc(C(N)=O)c(C(F)(F)F)nc2=O)CC1. The molecule has 1 atom stereocenters. The summed E-state index contributed by atoms with van der Waals surface area (Å²) in [5, 5.41) is 11.0. The van der Waals surface area contributed by atoms with Crippen molar-refractivity contribution in [2.75, 3.05) is 19.6 Å². The van der Waals surface area contributed by atoms with Crippen molar-refractivity contribution < 1.29 is 27.8 Å². The molecule has 1 amide bonds. The number of likely N-dealkylation sites (tertiary alicyclic amines) is 1. The second-order valence-electron chi connectivity index (χ2n) is 7.98. The lowest BCUT2D eigenvalue weighted by Crippen LogP contribution is -2.44. The molecule has 8 nitrogen and oxygen atoms in total. The number of ether oxygens (including phenoxy) is 1. The minimum absolute atomic E-state index is 0.00174. The Labute approximate surface area is 192 Å². The molecule has 1 saturated heterocycles. The normalized spacial score (nSPS) is 16.5. The van der Waals surface area contributed by atoms with Gasteiger partial charge < -0.3 is 20.5 Å². The van der Waals surface area contributed by atoms with Gasteiger partial charge in [-0.3, -0.25) is 9.36 Å². The fraction of sp³-hybridized carbons (Fsp3) is 0.476. The molecule has 1 fully saturated rings. The summed E-state index contributed by atoms with van der Waals surface area (Å²) in [4.78, 5) is 28.3. The zero-order valence-corrected chi connectivity index (χ0v) is 18.6. The second-order valence-corrected chi connectivity index (χ2v) is 8.42. The molecule has 0 unspecified atom stereocenters. The first kappa shape index (κ1) is 25.0. The maximum Gasteiger partial charge on any atom is 0.434 e. The van der Waals surface area contributed by atoms with Gasteiger partial charge in [-0.15, -0.1) is 0 Å². The molecule has 2 heterocycles. The number of nitrogens with zero attached hydrogens (tertiary/aromatic N) is 3. The summed E-state index contributed by atoms with van der Waals surface area (Å²) in [5.74, 6) is -0.603. The first-order valence-electron chi connectivity index (χ1n) is 10.3. The number of piperidine rings is 1. The Morgan fingerprint density at radius 1 is 1.33 bits per heavy atom. The van der Waals surface area contributed by atoms with Gasteiger partial charge in [0.15, 0.2) is 5.69 Å². The topological polar surface area (TPSA) is 111 Å². The quantitative estimate of drug-likeness (QED) is 0.618. The van der Waals surface area contributed by atoms with E-state index in [-0.39, 0.29) is 19.2 Å². The number of benzene rings is 1. The van der Waals surface area contributed by atoms with Crippen LogP contribution in [-0.2, 0) is 12.7 Å². The zero-order valence-electron chi connectivity index (χ0n) is 17.8. The van der Waals surface area contributed by atoms with Gasteiger partial charge in [-0.2, -0.15) is 18.2 Å². The van der Waals surface area contributed by atoms with Gasteiger partial charge in [0.2, 0.25) is 0 Å². The lowest BCUT2D eigenvalue weighted by atomic mass is 10.1. The number of amides is 1. The van der Waals surface area contributed by atoms with Gasteiger partial charge in [-0.05, 0) is 43.5 Å². The molecule has 1 aliphatic rings. The van der Waals surface area contributed by atoms with E-state index in [1.54, 1.807) is 6.07 Å². The molecule has 1 aromatic carbocycles. The van der Waals surface area contributed by atoms with Crippen LogP contribution in [0.2, 0.25) is 5.02 Å². The standard InChI is InChI=1S/C21H24ClF3N4O4/c1-12-8-13(22)2-3-17(12)33-15-4-6-28(7-5-15)9-14(30)10-29-11-16(19(26)31)18(21(23,24)25)27-20(29)32/h2-3,8,11,14-15,30H,4-7,9-10H2,1H3,(H2,26,31)/t14-/m1/s1. The Kier molecular flexibility index (Phi) is 7.65. The maximum absolute atomic E-state index is 13.0. The van der Waals surface area contributed by atoms with E-state index in [0.717, 1.165) is 15.9 Å². The number of primary amides is 1. The number of aryl methyl sites for hydroxylation is 1. The van der Waals surface area contributed by atoms with Crippen LogP contribution in [0.3, 0.4) is 0 Å². The van der Waals surface area contributed by atoms with Crippen molar-refractivity contribution in [2.45, 2.75) is 44.7 Å². The van der Waals surface area contributed by atoms with Crippen LogP contribution in [0.15, 0.2) is 29.2 Å². The fourth-order valence-corrected chi connectivity index (χ4v) is 3.96. The number of hydrogen-bond donors (Lipinski definition) is 2. The zero-order chi connectivity index (χ0) is 24.3. The lowest BCUT2D eigenvalue weighted by molar-refractivity contribution is -0.141. The Bertz CT molecular complexity index is 1070. The first-order valence-corrected chi connectivity index (χ1v) is 10.6. The van der Waals surface area contributed by atoms with E-state index in [0.29, 0.717) is 37.2 Å². The van der Waals surface area contributed by atoms with E-state index in [9.17, 15) is 27.9 Å². The van der Waals surface area contributed by atoms with E-state index in [1.165, 1.54) is 0 Å². The highest BCUT2D eigenvalue weighted by Crippen LogP contribution is 2.29.